The Bertz CT molecular complexity index is 150. The number of fused-ring (bicyclic) bond motifs is 4. The average molecular weight is 140 g/mol. The summed E-state index contributed by atoms with van der Waals surface area (Å²) in [6, 6.07) is 0.544. The number of carbonyl (C=O) groups excluding carboxylic acids is 1. The van der Waals surface area contributed by atoms with Crippen LogP contribution in [0.4, 0.5) is 0 Å². The van der Waals surface area contributed by atoms with E-state index in [0.29, 0.717) is 6.04 Å². The molecule has 3 nitrogen and oxygen atoms in total. The number of hydrogen-bond donors (Lipinski definition) is 2. The fourth-order valence-electron chi connectivity index (χ4n) is 1.68. The first-order chi connectivity index (χ1) is 4.86. The Labute approximate surface area is 60.2 Å². The van der Waals surface area contributed by atoms with Crippen molar-refractivity contribution in [3.63, 3.8) is 0 Å². The van der Waals surface area contributed by atoms with Gasteiger partial charge in [0, 0.05) is 19.1 Å². The van der Waals surface area contributed by atoms with Gasteiger partial charge in [-0.05, 0) is 12.8 Å². The maximum absolute atomic E-state index is 11.1. The second-order valence-corrected chi connectivity index (χ2v) is 3.12. The smallest absolute Gasteiger partial charge is 0.224 e. The van der Waals surface area contributed by atoms with Crippen LogP contribution in [0.2, 0.25) is 0 Å². The monoisotopic (exact) mass is 140 g/mol. The predicted octanol–water partition coefficient (Wildman–Crippen LogP) is -0.516. The van der Waals surface area contributed by atoms with Crippen LogP contribution in [0.1, 0.15) is 12.8 Å². The van der Waals surface area contributed by atoms with Gasteiger partial charge >= 0.3 is 0 Å². The van der Waals surface area contributed by atoms with E-state index in [1.54, 1.807) is 0 Å². The lowest BCUT2D eigenvalue weighted by molar-refractivity contribution is -0.124. The first kappa shape index (κ1) is 6.16. The van der Waals surface area contributed by atoms with E-state index in [2.05, 4.69) is 10.6 Å². The van der Waals surface area contributed by atoms with E-state index in [1.807, 2.05) is 0 Å². The van der Waals surface area contributed by atoms with Crippen molar-refractivity contribution in [1.82, 2.24) is 10.6 Å². The zero-order valence-electron chi connectivity index (χ0n) is 5.89. The maximum Gasteiger partial charge on any atom is 0.224 e. The lowest BCUT2D eigenvalue weighted by Crippen LogP contribution is -2.38. The van der Waals surface area contributed by atoms with Crippen LogP contribution in [-0.2, 0) is 4.79 Å². The molecule has 0 radical (unpaired) electrons. The molecule has 0 saturated carbocycles. The molecule has 0 spiro atoms. The molecule has 2 bridgehead atoms. The van der Waals surface area contributed by atoms with E-state index in [1.165, 1.54) is 0 Å². The van der Waals surface area contributed by atoms with Crippen molar-refractivity contribution < 1.29 is 4.79 Å². The molecule has 3 heteroatoms. The standard InChI is InChI=1S/C7H12N2O/c10-7-5-1-2-6(4-9-7)8-3-5/h5-6,8H,1-4H2,(H,9,10). The van der Waals surface area contributed by atoms with E-state index >= 15 is 0 Å². The van der Waals surface area contributed by atoms with Crippen molar-refractivity contribution in [2.75, 3.05) is 13.1 Å². The van der Waals surface area contributed by atoms with Gasteiger partial charge in [0.1, 0.15) is 0 Å². The van der Waals surface area contributed by atoms with Gasteiger partial charge in [-0.1, -0.05) is 0 Å². The Morgan fingerprint density at radius 2 is 2.20 bits per heavy atom. The van der Waals surface area contributed by atoms with Gasteiger partial charge in [0.05, 0.1) is 5.92 Å². The molecule has 0 aromatic carbocycles. The van der Waals surface area contributed by atoms with Crippen molar-refractivity contribution in [1.29, 1.82) is 0 Å². The summed E-state index contributed by atoms with van der Waals surface area (Å²) >= 11 is 0. The van der Waals surface area contributed by atoms with Gasteiger partial charge in [-0.3, -0.25) is 4.79 Å². The zero-order chi connectivity index (χ0) is 6.97. The van der Waals surface area contributed by atoms with Gasteiger partial charge in [0.2, 0.25) is 5.91 Å². The molecule has 56 valence electrons. The largest absolute Gasteiger partial charge is 0.354 e. The van der Waals surface area contributed by atoms with Crippen LogP contribution < -0.4 is 10.6 Å². The van der Waals surface area contributed by atoms with Crippen molar-refractivity contribution in [2.45, 2.75) is 18.9 Å². The summed E-state index contributed by atoms with van der Waals surface area (Å²) in [5, 5.41) is 6.23. The lowest BCUT2D eigenvalue weighted by Gasteiger charge is -2.21. The first-order valence-corrected chi connectivity index (χ1v) is 3.87. The van der Waals surface area contributed by atoms with E-state index in [0.717, 1.165) is 25.9 Å². The molecule has 0 aromatic rings. The lowest BCUT2D eigenvalue weighted by atomic mass is 9.97. The minimum absolute atomic E-state index is 0.243. The molecule has 3 aliphatic heterocycles. The Morgan fingerprint density at radius 3 is 2.90 bits per heavy atom. The van der Waals surface area contributed by atoms with Crippen LogP contribution >= 0.6 is 0 Å². The molecular weight excluding hydrogens is 128 g/mol. The third kappa shape index (κ3) is 0.904. The topological polar surface area (TPSA) is 41.1 Å². The van der Waals surface area contributed by atoms with Crippen molar-refractivity contribution in [2.24, 2.45) is 5.92 Å². The molecule has 0 aliphatic carbocycles. The summed E-state index contributed by atoms with van der Waals surface area (Å²) in [7, 11) is 0. The second-order valence-electron chi connectivity index (χ2n) is 3.12. The summed E-state index contributed by atoms with van der Waals surface area (Å²) in [6.45, 7) is 1.71. The molecule has 3 heterocycles. The van der Waals surface area contributed by atoms with Crippen LogP contribution in [0, 0.1) is 5.92 Å². The fraction of sp³-hybridized carbons (Fsp3) is 0.857. The van der Waals surface area contributed by atoms with Gasteiger partial charge in [-0.15, -0.1) is 0 Å². The molecule has 3 fully saturated rings. The highest BCUT2D eigenvalue weighted by Gasteiger charge is 2.29. The first-order valence-electron chi connectivity index (χ1n) is 3.87. The molecule has 2 unspecified atom stereocenters. The highest BCUT2D eigenvalue weighted by atomic mass is 16.1. The van der Waals surface area contributed by atoms with Crippen LogP contribution in [0.5, 0.6) is 0 Å². The van der Waals surface area contributed by atoms with Gasteiger partial charge in [0.15, 0.2) is 0 Å². The maximum atomic E-state index is 11.1. The predicted molar refractivity (Wildman–Crippen MR) is 37.5 cm³/mol. The van der Waals surface area contributed by atoms with Crippen LogP contribution in [0.25, 0.3) is 0 Å². The minimum atomic E-state index is 0.243. The summed E-state index contributed by atoms with van der Waals surface area (Å²) in [5.41, 5.74) is 0. The molecular formula is C7H12N2O. The fourth-order valence-corrected chi connectivity index (χ4v) is 1.68. The highest BCUT2D eigenvalue weighted by Crippen LogP contribution is 2.16. The summed E-state index contributed by atoms with van der Waals surface area (Å²) in [6.07, 6.45) is 2.23. The molecule has 2 N–H and O–H groups in total. The number of amides is 1. The summed E-state index contributed by atoms with van der Waals surface area (Å²) < 4.78 is 0. The number of hydrogen-bond acceptors (Lipinski definition) is 2. The van der Waals surface area contributed by atoms with E-state index in [4.69, 9.17) is 0 Å². The summed E-state index contributed by atoms with van der Waals surface area (Å²) in [5.74, 6) is 0.492. The zero-order valence-corrected chi connectivity index (χ0v) is 5.89. The van der Waals surface area contributed by atoms with E-state index in [9.17, 15) is 4.79 Å². The van der Waals surface area contributed by atoms with Crippen LogP contribution in [-0.4, -0.2) is 25.0 Å². The average Bonchev–Trinajstić information content (AvgIpc) is 2.24. The van der Waals surface area contributed by atoms with Gasteiger partial charge in [0.25, 0.3) is 0 Å². The molecule has 10 heavy (non-hydrogen) atoms. The quantitative estimate of drug-likeness (QED) is 0.475. The third-order valence-electron chi connectivity index (χ3n) is 2.41. The molecule has 3 saturated heterocycles. The molecule has 3 aliphatic rings. The Hall–Kier alpha value is -0.570. The number of carbonyl (C=O) groups is 1. The van der Waals surface area contributed by atoms with Crippen molar-refractivity contribution >= 4 is 5.91 Å². The Balaban J connectivity index is 2.14. The van der Waals surface area contributed by atoms with Crippen LogP contribution in [0.3, 0.4) is 0 Å². The summed E-state index contributed by atoms with van der Waals surface area (Å²) in [4.78, 5) is 11.1. The second kappa shape index (κ2) is 2.23. The SMILES string of the molecule is O=C1NCC2CCC1CN2. The molecule has 0 aromatic heterocycles. The highest BCUT2D eigenvalue weighted by molar-refractivity contribution is 5.79. The minimum Gasteiger partial charge on any atom is -0.354 e. The Kier molecular flexibility index (Phi) is 1.38. The van der Waals surface area contributed by atoms with Gasteiger partial charge in [-0.25, -0.2) is 0 Å². The Morgan fingerprint density at radius 1 is 1.30 bits per heavy atom. The molecule has 3 rings (SSSR count). The normalized spacial score (nSPS) is 39.0. The molecule has 2 atom stereocenters. The number of nitrogens with one attached hydrogen (secondary N) is 2. The van der Waals surface area contributed by atoms with Crippen LogP contribution in [0.15, 0.2) is 0 Å². The number of piperidine rings is 1. The van der Waals surface area contributed by atoms with Crippen molar-refractivity contribution in [3.8, 4) is 0 Å². The third-order valence-corrected chi connectivity index (χ3v) is 2.41. The van der Waals surface area contributed by atoms with Gasteiger partial charge < -0.3 is 10.6 Å². The van der Waals surface area contributed by atoms with Gasteiger partial charge in [-0.2, -0.15) is 0 Å². The van der Waals surface area contributed by atoms with E-state index < -0.39 is 0 Å². The van der Waals surface area contributed by atoms with E-state index in [-0.39, 0.29) is 11.8 Å². The molecule has 1 amide bonds. The number of rotatable bonds is 0. The van der Waals surface area contributed by atoms with Crippen molar-refractivity contribution in [3.05, 3.63) is 0 Å².